The van der Waals surface area contributed by atoms with E-state index in [1.165, 1.54) is 7.11 Å². The summed E-state index contributed by atoms with van der Waals surface area (Å²) in [6.45, 7) is 6.01. The van der Waals surface area contributed by atoms with Crippen LogP contribution in [-0.2, 0) is 9.53 Å². The fourth-order valence-corrected chi connectivity index (χ4v) is 1.75. The molecule has 0 bridgehead atoms. The summed E-state index contributed by atoms with van der Waals surface area (Å²) in [4.78, 5) is 11.3. The molecular formula is C9H18ClNO2. The molecule has 0 saturated carbocycles. The third-order valence-electron chi connectivity index (χ3n) is 2.62. The maximum Gasteiger partial charge on any atom is 0.309 e. The van der Waals surface area contributed by atoms with Crippen LogP contribution in [0.3, 0.4) is 0 Å². The van der Waals surface area contributed by atoms with Crippen molar-refractivity contribution in [2.75, 3.05) is 20.2 Å². The Morgan fingerprint density at radius 1 is 1.54 bits per heavy atom. The van der Waals surface area contributed by atoms with Crippen LogP contribution < -0.4 is 5.32 Å². The molecule has 1 aliphatic rings. The van der Waals surface area contributed by atoms with Gasteiger partial charge >= 0.3 is 5.97 Å². The van der Waals surface area contributed by atoms with Crippen molar-refractivity contribution in [2.24, 2.45) is 11.3 Å². The molecule has 78 valence electrons. The van der Waals surface area contributed by atoms with Crippen LogP contribution in [0.4, 0.5) is 0 Å². The smallest absolute Gasteiger partial charge is 0.309 e. The molecule has 4 heteroatoms. The van der Waals surface area contributed by atoms with Gasteiger partial charge in [-0.2, -0.15) is 0 Å². The zero-order valence-electron chi connectivity index (χ0n) is 8.42. The minimum atomic E-state index is -0.0681. The molecule has 1 rings (SSSR count). The average Bonchev–Trinajstić information content (AvgIpc) is 2.02. The highest BCUT2D eigenvalue weighted by molar-refractivity contribution is 5.85. The number of ether oxygens (including phenoxy) is 1. The molecule has 13 heavy (non-hydrogen) atoms. The molecule has 1 N–H and O–H groups in total. The molecule has 1 heterocycles. The lowest BCUT2D eigenvalue weighted by Gasteiger charge is -2.36. The largest absolute Gasteiger partial charge is 0.469 e. The quantitative estimate of drug-likeness (QED) is 0.658. The first-order valence-corrected chi connectivity index (χ1v) is 4.36. The topological polar surface area (TPSA) is 38.3 Å². The first kappa shape index (κ1) is 12.7. The molecule has 0 aliphatic carbocycles. The molecule has 0 spiro atoms. The van der Waals surface area contributed by atoms with Crippen molar-refractivity contribution in [2.45, 2.75) is 20.3 Å². The predicted molar refractivity (Wildman–Crippen MR) is 54.0 cm³/mol. The van der Waals surface area contributed by atoms with E-state index in [2.05, 4.69) is 19.2 Å². The molecule has 1 aliphatic heterocycles. The molecule has 1 atom stereocenters. The van der Waals surface area contributed by atoms with Crippen LogP contribution in [0.15, 0.2) is 0 Å². The fourth-order valence-electron chi connectivity index (χ4n) is 1.75. The van der Waals surface area contributed by atoms with E-state index in [-0.39, 0.29) is 29.7 Å². The van der Waals surface area contributed by atoms with Gasteiger partial charge in [0.1, 0.15) is 0 Å². The highest BCUT2D eigenvalue weighted by Gasteiger charge is 2.37. The number of halogens is 1. The van der Waals surface area contributed by atoms with Gasteiger partial charge in [-0.1, -0.05) is 13.8 Å². The maximum atomic E-state index is 11.3. The van der Waals surface area contributed by atoms with Crippen molar-refractivity contribution in [1.29, 1.82) is 0 Å². The second-order valence-corrected chi connectivity index (χ2v) is 4.03. The molecule has 3 nitrogen and oxygen atoms in total. The molecule has 0 unspecified atom stereocenters. The van der Waals surface area contributed by atoms with Crippen LogP contribution in [0.2, 0.25) is 0 Å². The number of methoxy groups -OCH3 is 1. The number of rotatable bonds is 1. The number of hydrogen-bond donors (Lipinski definition) is 1. The van der Waals surface area contributed by atoms with E-state index in [1.807, 2.05) is 0 Å². The Morgan fingerprint density at radius 3 is 2.62 bits per heavy atom. The highest BCUT2D eigenvalue weighted by Crippen LogP contribution is 2.32. The fraction of sp³-hybridized carbons (Fsp3) is 0.889. The van der Waals surface area contributed by atoms with Gasteiger partial charge in [-0.25, -0.2) is 0 Å². The van der Waals surface area contributed by atoms with Gasteiger partial charge in [0.2, 0.25) is 0 Å². The summed E-state index contributed by atoms with van der Waals surface area (Å²) >= 11 is 0. The lowest BCUT2D eigenvalue weighted by Crippen LogP contribution is -2.46. The van der Waals surface area contributed by atoms with Crippen LogP contribution in [-0.4, -0.2) is 26.2 Å². The zero-order valence-corrected chi connectivity index (χ0v) is 9.24. The molecular weight excluding hydrogens is 190 g/mol. The van der Waals surface area contributed by atoms with Crippen molar-refractivity contribution in [3.63, 3.8) is 0 Å². The highest BCUT2D eigenvalue weighted by atomic mass is 35.5. The van der Waals surface area contributed by atoms with E-state index < -0.39 is 0 Å². The normalized spacial score (nSPS) is 25.9. The SMILES string of the molecule is COC(=O)[C@H]1CCNCC1(C)C.Cl. The van der Waals surface area contributed by atoms with Crippen LogP contribution in [0.1, 0.15) is 20.3 Å². The summed E-state index contributed by atoms with van der Waals surface area (Å²) in [6.07, 6.45) is 0.889. The first-order chi connectivity index (χ1) is 5.58. The lowest BCUT2D eigenvalue weighted by atomic mass is 9.75. The van der Waals surface area contributed by atoms with E-state index in [4.69, 9.17) is 4.74 Å². The monoisotopic (exact) mass is 207 g/mol. The van der Waals surface area contributed by atoms with E-state index in [0.29, 0.717) is 0 Å². The van der Waals surface area contributed by atoms with E-state index in [9.17, 15) is 4.79 Å². The number of esters is 1. The van der Waals surface area contributed by atoms with Gasteiger partial charge in [0, 0.05) is 6.54 Å². The summed E-state index contributed by atoms with van der Waals surface area (Å²) in [6, 6.07) is 0. The summed E-state index contributed by atoms with van der Waals surface area (Å²) in [5.74, 6) is -0.00903. The van der Waals surface area contributed by atoms with E-state index in [0.717, 1.165) is 19.5 Å². The number of piperidine rings is 1. The Balaban J connectivity index is 0.00000144. The molecule has 1 saturated heterocycles. The summed E-state index contributed by atoms with van der Waals surface area (Å²) in [7, 11) is 1.46. The molecule has 0 aromatic carbocycles. The lowest BCUT2D eigenvalue weighted by molar-refractivity contribution is -0.150. The van der Waals surface area contributed by atoms with Crippen LogP contribution in [0.25, 0.3) is 0 Å². The average molecular weight is 208 g/mol. The van der Waals surface area contributed by atoms with Crippen molar-refractivity contribution in [1.82, 2.24) is 5.32 Å². The number of nitrogens with one attached hydrogen (secondary N) is 1. The third kappa shape index (κ3) is 2.85. The van der Waals surface area contributed by atoms with Crippen LogP contribution in [0, 0.1) is 11.3 Å². The van der Waals surface area contributed by atoms with Gasteiger partial charge < -0.3 is 10.1 Å². The number of hydrogen-bond acceptors (Lipinski definition) is 3. The zero-order chi connectivity index (χ0) is 9.19. The minimum Gasteiger partial charge on any atom is -0.469 e. The van der Waals surface area contributed by atoms with Gasteiger partial charge in [0.25, 0.3) is 0 Å². The third-order valence-corrected chi connectivity index (χ3v) is 2.62. The van der Waals surface area contributed by atoms with E-state index in [1.54, 1.807) is 0 Å². The van der Waals surface area contributed by atoms with Gasteiger partial charge in [-0.3, -0.25) is 4.79 Å². The Kier molecular flexibility index (Phi) is 4.71. The summed E-state index contributed by atoms with van der Waals surface area (Å²) in [5.41, 5.74) is 0.0331. The summed E-state index contributed by atoms with van der Waals surface area (Å²) in [5, 5.41) is 3.28. The Bertz CT molecular complexity index is 182. The van der Waals surface area contributed by atoms with Crippen molar-refractivity contribution in [3.05, 3.63) is 0 Å². The molecule has 0 aromatic rings. The Hall–Kier alpha value is -0.280. The summed E-state index contributed by atoms with van der Waals surface area (Å²) < 4.78 is 4.76. The number of carbonyl (C=O) groups is 1. The van der Waals surface area contributed by atoms with Gasteiger partial charge in [0.05, 0.1) is 13.0 Å². The van der Waals surface area contributed by atoms with Crippen molar-refractivity contribution >= 4 is 18.4 Å². The van der Waals surface area contributed by atoms with Crippen LogP contribution >= 0.6 is 12.4 Å². The molecule has 0 aromatic heterocycles. The number of carbonyl (C=O) groups excluding carboxylic acids is 1. The molecule has 0 amide bonds. The Labute approximate surface area is 85.6 Å². The second-order valence-electron chi connectivity index (χ2n) is 4.03. The van der Waals surface area contributed by atoms with Crippen molar-refractivity contribution in [3.8, 4) is 0 Å². The second kappa shape index (κ2) is 4.82. The Morgan fingerprint density at radius 2 is 2.15 bits per heavy atom. The van der Waals surface area contributed by atoms with Gasteiger partial charge in [0.15, 0.2) is 0 Å². The predicted octanol–water partition coefficient (Wildman–Crippen LogP) is 1.22. The van der Waals surface area contributed by atoms with E-state index >= 15 is 0 Å². The maximum absolute atomic E-state index is 11.3. The molecule has 1 fully saturated rings. The molecule has 0 radical (unpaired) electrons. The van der Waals surface area contributed by atoms with Gasteiger partial charge in [-0.05, 0) is 18.4 Å². The van der Waals surface area contributed by atoms with Gasteiger partial charge in [-0.15, -0.1) is 12.4 Å². The minimum absolute atomic E-state index is 0. The first-order valence-electron chi connectivity index (χ1n) is 4.36. The van der Waals surface area contributed by atoms with Crippen molar-refractivity contribution < 1.29 is 9.53 Å². The standard InChI is InChI=1S/C9H17NO2.ClH/c1-9(2)6-10-5-4-7(9)8(11)12-3;/h7,10H,4-6H2,1-3H3;1H/t7-;/m1./s1. The van der Waals surface area contributed by atoms with Crippen LogP contribution in [0.5, 0.6) is 0 Å².